The van der Waals surface area contributed by atoms with Crippen LogP contribution in [-0.4, -0.2) is 34.5 Å². The molecular formula is C18H22N2O5. The second-order valence-electron chi connectivity index (χ2n) is 5.04. The molecule has 134 valence electrons. The van der Waals surface area contributed by atoms with Crippen LogP contribution in [0.25, 0.3) is 0 Å². The van der Waals surface area contributed by atoms with Crippen molar-refractivity contribution in [2.45, 2.75) is 6.54 Å². The van der Waals surface area contributed by atoms with Crippen LogP contribution in [0.15, 0.2) is 36.4 Å². The Morgan fingerprint density at radius 1 is 0.880 bits per heavy atom. The molecule has 25 heavy (non-hydrogen) atoms. The van der Waals surface area contributed by atoms with Gasteiger partial charge in [-0.05, 0) is 29.8 Å². The number of methoxy groups -OCH3 is 4. The summed E-state index contributed by atoms with van der Waals surface area (Å²) >= 11 is 0. The highest BCUT2D eigenvalue weighted by Crippen LogP contribution is 2.38. The highest BCUT2D eigenvalue weighted by Gasteiger charge is 2.14. The number of ether oxygens (including phenoxy) is 4. The Morgan fingerprint density at radius 3 is 2.04 bits per heavy atom. The summed E-state index contributed by atoms with van der Waals surface area (Å²) in [6.07, 6.45) is 0. The Morgan fingerprint density at radius 2 is 1.48 bits per heavy atom. The van der Waals surface area contributed by atoms with Crippen LogP contribution in [0.3, 0.4) is 0 Å². The minimum absolute atomic E-state index is 0.289. The fourth-order valence-electron chi connectivity index (χ4n) is 2.33. The van der Waals surface area contributed by atoms with Gasteiger partial charge < -0.3 is 29.6 Å². The average Bonchev–Trinajstić information content (AvgIpc) is 2.65. The molecule has 0 aromatic heterocycles. The standard InChI is InChI=1S/C18H22N2O5/c1-22-14-8-6-5-7-13(14)20-18(21)19-11-12-9-15(23-2)17(25-4)16(10-12)24-3/h5-10H,11H2,1-4H3,(H2,19,20,21). The predicted molar refractivity (Wildman–Crippen MR) is 95.0 cm³/mol. The third-order valence-electron chi connectivity index (χ3n) is 3.53. The van der Waals surface area contributed by atoms with Crippen molar-refractivity contribution in [3.05, 3.63) is 42.0 Å². The number of amides is 2. The lowest BCUT2D eigenvalue weighted by molar-refractivity contribution is 0.251. The van der Waals surface area contributed by atoms with Gasteiger partial charge >= 0.3 is 6.03 Å². The molecule has 0 heterocycles. The first-order valence-electron chi connectivity index (χ1n) is 7.59. The first kappa shape index (κ1) is 18.3. The molecule has 2 N–H and O–H groups in total. The molecule has 0 aliphatic carbocycles. The molecule has 0 aliphatic rings. The smallest absolute Gasteiger partial charge is 0.319 e. The van der Waals surface area contributed by atoms with Gasteiger partial charge in [-0.2, -0.15) is 0 Å². The number of nitrogens with one attached hydrogen (secondary N) is 2. The molecule has 0 bridgehead atoms. The third-order valence-corrected chi connectivity index (χ3v) is 3.53. The summed E-state index contributed by atoms with van der Waals surface area (Å²) < 4.78 is 21.1. The maximum atomic E-state index is 12.1. The number of anilines is 1. The Balaban J connectivity index is 2.06. The number of rotatable bonds is 7. The van der Waals surface area contributed by atoms with Crippen LogP contribution in [0.2, 0.25) is 0 Å². The van der Waals surface area contributed by atoms with Gasteiger partial charge in [-0.1, -0.05) is 12.1 Å². The second kappa shape index (κ2) is 8.68. The molecule has 7 heteroatoms. The summed E-state index contributed by atoms with van der Waals surface area (Å²) in [4.78, 5) is 12.1. The van der Waals surface area contributed by atoms with Gasteiger partial charge in [-0.25, -0.2) is 4.79 Å². The number of carbonyl (C=O) groups excluding carboxylic acids is 1. The zero-order chi connectivity index (χ0) is 18.2. The van der Waals surface area contributed by atoms with Crippen LogP contribution in [0.4, 0.5) is 10.5 Å². The average molecular weight is 346 g/mol. The maximum Gasteiger partial charge on any atom is 0.319 e. The SMILES string of the molecule is COc1ccccc1NC(=O)NCc1cc(OC)c(OC)c(OC)c1. The summed E-state index contributed by atoms with van der Waals surface area (Å²) in [6.45, 7) is 0.289. The van der Waals surface area contributed by atoms with E-state index in [1.807, 2.05) is 12.1 Å². The van der Waals surface area contributed by atoms with Crippen LogP contribution in [0.1, 0.15) is 5.56 Å². The topological polar surface area (TPSA) is 78.1 Å². The fraction of sp³-hybridized carbons (Fsp3) is 0.278. The number of benzene rings is 2. The van der Waals surface area contributed by atoms with Gasteiger partial charge in [0.15, 0.2) is 11.5 Å². The molecule has 0 aliphatic heterocycles. The highest BCUT2D eigenvalue weighted by atomic mass is 16.5. The molecule has 0 atom stereocenters. The van der Waals surface area contributed by atoms with E-state index in [1.54, 1.807) is 52.7 Å². The van der Waals surface area contributed by atoms with Crippen molar-refractivity contribution < 1.29 is 23.7 Å². The number of urea groups is 1. The molecule has 0 fully saturated rings. The van der Waals surface area contributed by atoms with E-state index in [1.165, 1.54) is 0 Å². The van der Waals surface area contributed by atoms with Crippen molar-refractivity contribution in [1.82, 2.24) is 5.32 Å². The van der Waals surface area contributed by atoms with Gasteiger partial charge in [0.05, 0.1) is 34.1 Å². The molecule has 2 rings (SSSR count). The van der Waals surface area contributed by atoms with E-state index in [0.717, 1.165) is 5.56 Å². The third kappa shape index (κ3) is 4.47. The first-order chi connectivity index (χ1) is 12.1. The zero-order valence-corrected chi connectivity index (χ0v) is 14.7. The Bertz CT molecular complexity index is 708. The van der Waals surface area contributed by atoms with Crippen molar-refractivity contribution in [3.63, 3.8) is 0 Å². The van der Waals surface area contributed by atoms with Crippen molar-refractivity contribution in [2.24, 2.45) is 0 Å². The normalized spacial score (nSPS) is 9.92. The summed E-state index contributed by atoms with van der Waals surface area (Å²) in [5.74, 6) is 2.16. The van der Waals surface area contributed by atoms with Crippen LogP contribution in [0, 0.1) is 0 Å². The van der Waals surface area contributed by atoms with E-state index >= 15 is 0 Å². The summed E-state index contributed by atoms with van der Waals surface area (Å²) in [6, 6.07) is 10.4. The van der Waals surface area contributed by atoms with Crippen LogP contribution >= 0.6 is 0 Å². The van der Waals surface area contributed by atoms with E-state index in [0.29, 0.717) is 28.7 Å². The van der Waals surface area contributed by atoms with Gasteiger partial charge in [0.25, 0.3) is 0 Å². The lowest BCUT2D eigenvalue weighted by atomic mass is 10.2. The Hall–Kier alpha value is -3.09. The number of carbonyl (C=O) groups is 1. The maximum absolute atomic E-state index is 12.1. The van der Waals surface area contributed by atoms with E-state index in [9.17, 15) is 4.79 Å². The van der Waals surface area contributed by atoms with Crippen molar-refractivity contribution >= 4 is 11.7 Å². The van der Waals surface area contributed by atoms with Crippen LogP contribution < -0.4 is 29.6 Å². The summed E-state index contributed by atoms with van der Waals surface area (Å²) in [5, 5.41) is 5.53. The van der Waals surface area contributed by atoms with Crippen molar-refractivity contribution in [3.8, 4) is 23.0 Å². The number of para-hydroxylation sites is 2. The molecule has 0 spiro atoms. The Kier molecular flexibility index (Phi) is 6.33. The van der Waals surface area contributed by atoms with Gasteiger partial charge in [0.1, 0.15) is 5.75 Å². The molecule has 2 aromatic rings. The van der Waals surface area contributed by atoms with Crippen molar-refractivity contribution in [2.75, 3.05) is 33.8 Å². The number of hydrogen-bond donors (Lipinski definition) is 2. The molecule has 0 saturated heterocycles. The molecular weight excluding hydrogens is 324 g/mol. The first-order valence-corrected chi connectivity index (χ1v) is 7.59. The second-order valence-corrected chi connectivity index (χ2v) is 5.04. The van der Waals surface area contributed by atoms with Gasteiger partial charge in [-0.3, -0.25) is 0 Å². The molecule has 0 unspecified atom stereocenters. The van der Waals surface area contributed by atoms with Gasteiger partial charge in [0.2, 0.25) is 5.75 Å². The summed E-state index contributed by atoms with van der Waals surface area (Å²) in [7, 11) is 6.18. The van der Waals surface area contributed by atoms with E-state index in [-0.39, 0.29) is 12.6 Å². The largest absolute Gasteiger partial charge is 0.495 e. The quantitative estimate of drug-likeness (QED) is 0.806. The lowest BCUT2D eigenvalue weighted by Gasteiger charge is -2.15. The minimum atomic E-state index is -0.349. The fourth-order valence-corrected chi connectivity index (χ4v) is 2.33. The molecule has 0 saturated carbocycles. The number of hydrogen-bond acceptors (Lipinski definition) is 5. The van der Waals surface area contributed by atoms with E-state index in [4.69, 9.17) is 18.9 Å². The van der Waals surface area contributed by atoms with Gasteiger partial charge in [-0.15, -0.1) is 0 Å². The minimum Gasteiger partial charge on any atom is -0.495 e. The van der Waals surface area contributed by atoms with Crippen LogP contribution in [0.5, 0.6) is 23.0 Å². The Labute approximate surface area is 146 Å². The van der Waals surface area contributed by atoms with Crippen LogP contribution in [-0.2, 0) is 6.54 Å². The predicted octanol–water partition coefficient (Wildman–Crippen LogP) is 3.04. The molecule has 2 amide bonds. The van der Waals surface area contributed by atoms with Gasteiger partial charge in [0, 0.05) is 6.54 Å². The highest BCUT2D eigenvalue weighted by molar-refractivity contribution is 5.90. The van der Waals surface area contributed by atoms with E-state index in [2.05, 4.69) is 10.6 Å². The monoisotopic (exact) mass is 346 g/mol. The van der Waals surface area contributed by atoms with E-state index < -0.39 is 0 Å². The molecule has 7 nitrogen and oxygen atoms in total. The molecule has 0 radical (unpaired) electrons. The van der Waals surface area contributed by atoms with Crippen molar-refractivity contribution in [1.29, 1.82) is 0 Å². The lowest BCUT2D eigenvalue weighted by Crippen LogP contribution is -2.28. The molecule has 2 aromatic carbocycles. The summed E-state index contributed by atoms with van der Waals surface area (Å²) in [5.41, 5.74) is 1.40. The zero-order valence-electron chi connectivity index (χ0n) is 14.7.